The van der Waals surface area contributed by atoms with Gasteiger partial charge in [-0.3, -0.25) is 0 Å². The Hall–Kier alpha value is -7.94. The third kappa shape index (κ3) is 7.35. The number of hydrogen-bond acceptors (Lipinski definition) is 2. The Morgan fingerprint density at radius 2 is 0.567 bits per heavy atom. The zero-order chi connectivity index (χ0) is 40.1. The molecule has 284 valence electrons. The fourth-order valence-corrected chi connectivity index (χ4v) is 8.29. The van der Waals surface area contributed by atoms with Crippen molar-refractivity contribution >= 4 is 90.7 Å². The molecule has 0 spiro atoms. The predicted molar refractivity (Wildman–Crippen MR) is 259 cm³/mol. The monoisotopic (exact) mass is 766 g/mol. The fraction of sp³-hybridized carbons (Fsp3) is 0. The van der Waals surface area contributed by atoms with Gasteiger partial charge in [-0.05, 0) is 104 Å². The van der Waals surface area contributed by atoms with E-state index < -0.39 is 0 Å². The van der Waals surface area contributed by atoms with Gasteiger partial charge in [-0.25, -0.2) is 0 Å². The van der Waals surface area contributed by atoms with Gasteiger partial charge in [0, 0.05) is 33.5 Å². The van der Waals surface area contributed by atoms with Crippen LogP contribution in [0.4, 0.5) is 34.1 Å². The minimum absolute atomic E-state index is 1.12. The molecule has 0 unspecified atom stereocenters. The molecule has 0 aliphatic heterocycles. The van der Waals surface area contributed by atoms with Crippen molar-refractivity contribution in [3.8, 4) is 0 Å². The second-order valence-corrected chi connectivity index (χ2v) is 15.0. The fourth-order valence-electron chi connectivity index (χ4n) is 8.29. The van der Waals surface area contributed by atoms with Gasteiger partial charge in [0.15, 0.2) is 0 Å². The van der Waals surface area contributed by atoms with Gasteiger partial charge in [0.25, 0.3) is 0 Å². The molecular weight excluding hydrogens is 725 g/mol. The maximum Gasteiger partial charge on any atom is 0.0540 e. The van der Waals surface area contributed by atoms with E-state index in [1.54, 1.807) is 0 Å². The minimum atomic E-state index is 1.12. The molecule has 10 aromatic carbocycles. The van der Waals surface area contributed by atoms with Crippen molar-refractivity contribution in [1.82, 2.24) is 0 Å². The molecule has 60 heavy (non-hydrogen) atoms. The van der Waals surface area contributed by atoms with Gasteiger partial charge in [0.2, 0.25) is 0 Å². The van der Waals surface area contributed by atoms with E-state index in [9.17, 15) is 0 Å². The van der Waals surface area contributed by atoms with Crippen LogP contribution in [0.3, 0.4) is 0 Å². The first kappa shape index (κ1) is 36.4. The van der Waals surface area contributed by atoms with Crippen LogP contribution >= 0.6 is 0 Å². The maximum atomic E-state index is 2.34. The van der Waals surface area contributed by atoms with Crippen LogP contribution in [0.1, 0.15) is 22.3 Å². The van der Waals surface area contributed by atoms with Crippen LogP contribution in [0.5, 0.6) is 0 Å². The lowest BCUT2D eigenvalue weighted by Gasteiger charge is -2.27. The molecule has 0 saturated heterocycles. The van der Waals surface area contributed by atoms with Crippen LogP contribution in [0.15, 0.2) is 231 Å². The van der Waals surface area contributed by atoms with E-state index in [0.717, 1.165) is 45.3 Å². The smallest absolute Gasteiger partial charge is 0.0540 e. The predicted octanol–water partition coefficient (Wildman–Crippen LogP) is 16.4. The summed E-state index contributed by atoms with van der Waals surface area (Å²) in [5.74, 6) is 0. The van der Waals surface area contributed by atoms with Crippen molar-refractivity contribution in [2.24, 2.45) is 0 Å². The molecule has 0 aromatic heterocycles. The largest absolute Gasteiger partial charge is 0.310 e. The Kier molecular flexibility index (Phi) is 10.0. The summed E-state index contributed by atoms with van der Waals surface area (Å²) in [4.78, 5) is 4.69. The molecule has 10 aromatic rings. The van der Waals surface area contributed by atoms with Gasteiger partial charge in [0.1, 0.15) is 0 Å². The van der Waals surface area contributed by atoms with Crippen molar-refractivity contribution in [2.75, 3.05) is 9.80 Å². The van der Waals surface area contributed by atoms with Gasteiger partial charge in [-0.1, -0.05) is 194 Å². The minimum Gasteiger partial charge on any atom is -0.310 e. The molecule has 0 radical (unpaired) electrons. The topological polar surface area (TPSA) is 6.48 Å². The van der Waals surface area contributed by atoms with Gasteiger partial charge >= 0.3 is 0 Å². The summed E-state index contributed by atoms with van der Waals surface area (Å²) in [6.07, 6.45) is 8.89. The standard InChI is InChI=1S/C58H42N2/c1-3-19-49(20-4-1)59(57-27-13-17-45-15-7-9-25-55(45)57)51-39-31-43(32-40-51)29-35-47-37-38-48(54-24-12-11-23-53(47)54)36-30-44-33-41-52(42-34-44)60(50-21-5-2-6-22-50)58-28-14-18-46-16-8-10-26-56(46)58/h1-42H. The number of hydrogen-bond donors (Lipinski definition) is 0. The highest BCUT2D eigenvalue weighted by molar-refractivity contribution is 6.01. The Bertz CT molecular complexity index is 2900. The summed E-state index contributed by atoms with van der Waals surface area (Å²) in [5, 5.41) is 7.34. The Labute approximate surface area is 351 Å². The van der Waals surface area contributed by atoms with E-state index in [1.807, 2.05) is 0 Å². The van der Waals surface area contributed by atoms with E-state index in [0.29, 0.717) is 0 Å². The highest BCUT2D eigenvalue weighted by Crippen LogP contribution is 2.40. The first-order chi connectivity index (χ1) is 29.8. The second-order valence-electron chi connectivity index (χ2n) is 15.0. The zero-order valence-corrected chi connectivity index (χ0v) is 33.1. The Balaban J connectivity index is 0.909. The lowest BCUT2D eigenvalue weighted by atomic mass is 9.98. The maximum absolute atomic E-state index is 2.34. The summed E-state index contributed by atoms with van der Waals surface area (Å²) in [7, 11) is 0. The molecule has 0 amide bonds. The van der Waals surface area contributed by atoms with Crippen molar-refractivity contribution in [1.29, 1.82) is 0 Å². The second kappa shape index (κ2) is 16.5. The number of nitrogens with zero attached hydrogens (tertiary/aromatic N) is 2. The molecule has 10 rings (SSSR count). The molecule has 0 aliphatic carbocycles. The number of benzene rings is 10. The average molecular weight is 767 g/mol. The van der Waals surface area contributed by atoms with Gasteiger partial charge in [0.05, 0.1) is 11.4 Å². The molecule has 0 aliphatic rings. The zero-order valence-electron chi connectivity index (χ0n) is 33.1. The molecule has 0 bridgehead atoms. The molecule has 2 heteroatoms. The lowest BCUT2D eigenvalue weighted by Crippen LogP contribution is -2.10. The van der Waals surface area contributed by atoms with Crippen molar-refractivity contribution < 1.29 is 0 Å². The molecule has 0 saturated carbocycles. The van der Waals surface area contributed by atoms with Gasteiger partial charge < -0.3 is 9.80 Å². The normalized spacial score (nSPS) is 11.5. The number of rotatable bonds is 10. The average Bonchev–Trinajstić information content (AvgIpc) is 3.32. The molecule has 2 nitrogen and oxygen atoms in total. The van der Waals surface area contributed by atoms with E-state index >= 15 is 0 Å². The quantitative estimate of drug-likeness (QED) is 0.128. The third-order valence-electron chi connectivity index (χ3n) is 11.2. The number of anilines is 6. The van der Waals surface area contributed by atoms with Crippen molar-refractivity contribution in [2.45, 2.75) is 0 Å². The molecule has 0 N–H and O–H groups in total. The lowest BCUT2D eigenvalue weighted by molar-refractivity contribution is 1.30. The number of fused-ring (bicyclic) bond motifs is 3. The van der Waals surface area contributed by atoms with Crippen LogP contribution in [-0.2, 0) is 0 Å². The summed E-state index contributed by atoms with van der Waals surface area (Å²) in [6, 6.07) is 82.3. The van der Waals surface area contributed by atoms with Crippen molar-refractivity contribution in [3.63, 3.8) is 0 Å². The molecule has 0 fully saturated rings. The van der Waals surface area contributed by atoms with Crippen LogP contribution < -0.4 is 9.80 Å². The highest BCUT2D eigenvalue weighted by atomic mass is 15.1. The third-order valence-corrected chi connectivity index (χ3v) is 11.2. The van der Waals surface area contributed by atoms with E-state index in [-0.39, 0.29) is 0 Å². The summed E-state index contributed by atoms with van der Waals surface area (Å²) in [6.45, 7) is 0. The van der Waals surface area contributed by atoms with Gasteiger partial charge in [-0.15, -0.1) is 0 Å². The Morgan fingerprint density at radius 1 is 0.233 bits per heavy atom. The van der Waals surface area contributed by atoms with Crippen LogP contribution in [0.25, 0.3) is 56.6 Å². The Morgan fingerprint density at radius 3 is 0.983 bits per heavy atom. The van der Waals surface area contributed by atoms with Crippen molar-refractivity contribution in [3.05, 3.63) is 253 Å². The van der Waals surface area contributed by atoms with E-state index in [1.165, 1.54) is 43.4 Å². The van der Waals surface area contributed by atoms with Crippen LogP contribution in [0.2, 0.25) is 0 Å². The van der Waals surface area contributed by atoms with Gasteiger partial charge in [-0.2, -0.15) is 0 Å². The van der Waals surface area contributed by atoms with Crippen LogP contribution in [0, 0.1) is 0 Å². The molecule has 0 atom stereocenters. The van der Waals surface area contributed by atoms with Crippen LogP contribution in [-0.4, -0.2) is 0 Å². The summed E-state index contributed by atoms with van der Waals surface area (Å²) >= 11 is 0. The SMILES string of the molecule is C(=Cc1ccc(C=Cc2ccc(N(c3ccccc3)c3cccc4ccccc34)cc2)c2ccccc12)c1ccc(N(c2ccccc2)c2cccc3ccccc23)cc1. The number of para-hydroxylation sites is 2. The first-order valence-corrected chi connectivity index (χ1v) is 20.5. The highest BCUT2D eigenvalue weighted by Gasteiger charge is 2.16. The summed E-state index contributed by atoms with van der Waals surface area (Å²) in [5.41, 5.74) is 11.5. The van der Waals surface area contributed by atoms with E-state index in [4.69, 9.17) is 0 Å². The van der Waals surface area contributed by atoms with E-state index in [2.05, 4.69) is 265 Å². The summed E-state index contributed by atoms with van der Waals surface area (Å²) < 4.78 is 0. The first-order valence-electron chi connectivity index (χ1n) is 20.5. The molecular formula is C58H42N2. The molecule has 0 heterocycles.